The second-order valence-corrected chi connectivity index (χ2v) is 6.02. The van der Waals surface area contributed by atoms with Gasteiger partial charge in [-0.1, -0.05) is 0 Å². The first-order valence-corrected chi connectivity index (χ1v) is 6.69. The van der Waals surface area contributed by atoms with Gasteiger partial charge in [0.2, 0.25) is 0 Å². The number of anilines is 1. The number of hydrogen-bond donors (Lipinski definition) is 0. The molecule has 3 aliphatic heterocycles. The molecular formula is C14H23N3. The lowest BCUT2D eigenvalue weighted by Gasteiger charge is -2.62. The van der Waals surface area contributed by atoms with E-state index in [2.05, 4.69) is 60.5 Å². The molecule has 3 saturated heterocycles. The van der Waals surface area contributed by atoms with E-state index < -0.39 is 0 Å². The molecule has 94 valence electrons. The SMILES string of the molecule is CC1CC2(C)CCN1[C@H](C)N2c1cccn1C. The Morgan fingerprint density at radius 1 is 1.35 bits per heavy atom. The molecule has 3 fully saturated rings. The molecule has 0 saturated carbocycles. The molecule has 4 heterocycles. The Kier molecular flexibility index (Phi) is 2.31. The van der Waals surface area contributed by atoms with E-state index in [-0.39, 0.29) is 0 Å². The molecule has 0 radical (unpaired) electrons. The Morgan fingerprint density at radius 2 is 2.12 bits per heavy atom. The fraction of sp³-hybridized carbons (Fsp3) is 0.714. The van der Waals surface area contributed by atoms with Gasteiger partial charge in [0.1, 0.15) is 5.82 Å². The highest BCUT2D eigenvalue weighted by Crippen LogP contribution is 2.43. The summed E-state index contributed by atoms with van der Waals surface area (Å²) in [5.74, 6) is 1.36. The van der Waals surface area contributed by atoms with Crippen molar-refractivity contribution in [3.05, 3.63) is 18.3 Å². The number of fused-ring (bicyclic) bond motifs is 3. The van der Waals surface area contributed by atoms with Crippen molar-refractivity contribution >= 4 is 5.82 Å². The van der Waals surface area contributed by atoms with Crippen LogP contribution in [0.3, 0.4) is 0 Å². The van der Waals surface area contributed by atoms with Crippen molar-refractivity contribution in [2.75, 3.05) is 11.4 Å². The molecule has 3 heteroatoms. The maximum atomic E-state index is 2.64. The van der Waals surface area contributed by atoms with Gasteiger partial charge in [-0.05, 0) is 45.7 Å². The standard InChI is InChI=1S/C14H23N3/c1-11-10-14(3)7-9-16(11)12(2)17(14)13-6-5-8-15(13)4/h5-6,8,11-12H,7,9-10H2,1-4H3/t11?,12-,14?/m0/s1. The predicted molar refractivity (Wildman–Crippen MR) is 71.2 cm³/mol. The second kappa shape index (κ2) is 3.52. The fourth-order valence-electron chi connectivity index (χ4n) is 3.99. The summed E-state index contributed by atoms with van der Waals surface area (Å²) in [5.41, 5.74) is 0.333. The van der Waals surface area contributed by atoms with Gasteiger partial charge in [0, 0.05) is 31.4 Å². The van der Waals surface area contributed by atoms with Gasteiger partial charge in [-0.2, -0.15) is 0 Å². The molecular weight excluding hydrogens is 210 g/mol. The smallest absolute Gasteiger partial charge is 0.109 e. The lowest BCUT2D eigenvalue weighted by atomic mass is 9.79. The molecule has 2 bridgehead atoms. The number of rotatable bonds is 1. The highest BCUT2D eigenvalue weighted by molar-refractivity contribution is 5.47. The molecule has 1 aromatic heterocycles. The van der Waals surface area contributed by atoms with Crippen LogP contribution in [-0.2, 0) is 7.05 Å². The van der Waals surface area contributed by atoms with E-state index in [1.54, 1.807) is 0 Å². The van der Waals surface area contributed by atoms with Gasteiger partial charge in [0.15, 0.2) is 0 Å². The maximum Gasteiger partial charge on any atom is 0.109 e. The first kappa shape index (κ1) is 11.1. The van der Waals surface area contributed by atoms with Crippen LogP contribution in [0.4, 0.5) is 5.82 Å². The zero-order chi connectivity index (χ0) is 12.2. The van der Waals surface area contributed by atoms with Gasteiger partial charge in [-0.15, -0.1) is 0 Å². The van der Waals surface area contributed by atoms with Crippen LogP contribution in [0, 0.1) is 0 Å². The van der Waals surface area contributed by atoms with Gasteiger partial charge >= 0.3 is 0 Å². The molecule has 17 heavy (non-hydrogen) atoms. The molecule has 3 unspecified atom stereocenters. The lowest BCUT2D eigenvalue weighted by Crippen LogP contribution is -2.71. The van der Waals surface area contributed by atoms with Crippen LogP contribution >= 0.6 is 0 Å². The van der Waals surface area contributed by atoms with Crippen molar-refractivity contribution in [2.24, 2.45) is 7.05 Å². The largest absolute Gasteiger partial charge is 0.338 e. The Labute approximate surface area is 104 Å². The summed E-state index contributed by atoms with van der Waals surface area (Å²) in [7, 11) is 2.15. The lowest BCUT2D eigenvalue weighted by molar-refractivity contribution is 0.00373. The maximum absolute atomic E-state index is 2.64. The highest BCUT2D eigenvalue weighted by atomic mass is 15.5. The first-order chi connectivity index (χ1) is 8.03. The number of aromatic nitrogens is 1. The summed E-state index contributed by atoms with van der Waals surface area (Å²) in [6.45, 7) is 8.40. The van der Waals surface area contributed by atoms with Gasteiger partial charge < -0.3 is 9.47 Å². The van der Waals surface area contributed by atoms with Crippen LogP contribution in [0.5, 0.6) is 0 Å². The Hall–Kier alpha value is -0.960. The third-order valence-electron chi connectivity index (χ3n) is 4.81. The molecule has 0 spiro atoms. The number of piperidine rings is 1. The molecule has 0 aliphatic carbocycles. The molecule has 0 aromatic carbocycles. The van der Waals surface area contributed by atoms with Crippen LogP contribution in [-0.4, -0.2) is 33.8 Å². The minimum atomic E-state index is 0.333. The molecule has 4 atom stereocenters. The van der Waals surface area contributed by atoms with Crippen molar-refractivity contribution < 1.29 is 0 Å². The summed E-state index contributed by atoms with van der Waals surface area (Å²) in [6, 6.07) is 5.11. The Bertz CT molecular complexity index is 425. The zero-order valence-corrected chi connectivity index (χ0v) is 11.3. The van der Waals surface area contributed by atoms with E-state index in [1.165, 1.54) is 25.2 Å². The second-order valence-electron chi connectivity index (χ2n) is 6.02. The average molecular weight is 233 g/mol. The van der Waals surface area contributed by atoms with Crippen molar-refractivity contribution in [3.8, 4) is 0 Å². The highest BCUT2D eigenvalue weighted by Gasteiger charge is 2.49. The first-order valence-electron chi connectivity index (χ1n) is 6.69. The van der Waals surface area contributed by atoms with Crippen molar-refractivity contribution in [1.29, 1.82) is 0 Å². The third-order valence-corrected chi connectivity index (χ3v) is 4.81. The van der Waals surface area contributed by atoms with Crippen molar-refractivity contribution in [3.63, 3.8) is 0 Å². The quantitative estimate of drug-likeness (QED) is 0.738. The van der Waals surface area contributed by atoms with E-state index >= 15 is 0 Å². The molecule has 1 aromatic rings. The minimum Gasteiger partial charge on any atom is -0.338 e. The van der Waals surface area contributed by atoms with Crippen LogP contribution < -0.4 is 4.90 Å². The van der Waals surface area contributed by atoms with Gasteiger partial charge in [0.25, 0.3) is 0 Å². The number of aryl methyl sites for hydroxylation is 1. The van der Waals surface area contributed by atoms with Crippen molar-refractivity contribution in [1.82, 2.24) is 9.47 Å². The van der Waals surface area contributed by atoms with E-state index in [0.717, 1.165) is 6.04 Å². The van der Waals surface area contributed by atoms with Crippen molar-refractivity contribution in [2.45, 2.75) is 51.4 Å². The van der Waals surface area contributed by atoms with Crippen LogP contribution in [0.2, 0.25) is 0 Å². The molecule has 0 amide bonds. The van der Waals surface area contributed by atoms with Gasteiger partial charge in [-0.25, -0.2) is 0 Å². The van der Waals surface area contributed by atoms with Crippen LogP contribution in [0.1, 0.15) is 33.6 Å². The third kappa shape index (κ3) is 1.45. The van der Waals surface area contributed by atoms with E-state index in [9.17, 15) is 0 Å². The van der Waals surface area contributed by atoms with Gasteiger partial charge in [-0.3, -0.25) is 4.90 Å². The van der Waals surface area contributed by atoms with E-state index in [1.807, 2.05) is 0 Å². The zero-order valence-electron chi connectivity index (χ0n) is 11.3. The van der Waals surface area contributed by atoms with Crippen LogP contribution in [0.25, 0.3) is 0 Å². The Morgan fingerprint density at radius 3 is 2.65 bits per heavy atom. The summed E-state index contributed by atoms with van der Waals surface area (Å²) in [6.07, 6.45) is 5.23. The number of nitrogens with zero attached hydrogens (tertiary/aromatic N) is 3. The van der Waals surface area contributed by atoms with Gasteiger partial charge in [0.05, 0.1) is 6.17 Å². The van der Waals surface area contributed by atoms with E-state index in [4.69, 9.17) is 0 Å². The van der Waals surface area contributed by atoms with E-state index in [0.29, 0.717) is 11.7 Å². The Balaban J connectivity index is 2.03. The van der Waals surface area contributed by atoms with Crippen LogP contribution in [0.15, 0.2) is 18.3 Å². The fourth-order valence-corrected chi connectivity index (χ4v) is 3.99. The predicted octanol–water partition coefficient (Wildman–Crippen LogP) is 2.43. The summed E-state index contributed by atoms with van der Waals surface area (Å²) < 4.78 is 2.24. The molecule has 0 N–H and O–H groups in total. The normalized spacial score (nSPS) is 40.9. The summed E-state index contributed by atoms with van der Waals surface area (Å²) in [5, 5.41) is 0. The number of hydrogen-bond acceptors (Lipinski definition) is 2. The minimum absolute atomic E-state index is 0.333. The molecule has 3 nitrogen and oxygen atoms in total. The average Bonchev–Trinajstić information content (AvgIpc) is 2.63. The monoisotopic (exact) mass is 233 g/mol. The molecule has 3 aliphatic rings. The topological polar surface area (TPSA) is 11.4 Å². The summed E-state index contributed by atoms with van der Waals surface area (Å²) >= 11 is 0. The molecule has 4 rings (SSSR count). The summed E-state index contributed by atoms with van der Waals surface area (Å²) in [4.78, 5) is 5.26.